The minimum absolute atomic E-state index is 0.0960. The van der Waals surface area contributed by atoms with Gasteiger partial charge in [-0.05, 0) is 51.1 Å². The number of carbonyl (C=O) groups excluding carboxylic acids is 1. The van der Waals surface area contributed by atoms with Gasteiger partial charge in [0.1, 0.15) is 5.75 Å². The minimum atomic E-state index is -3.65. The van der Waals surface area contributed by atoms with Gasteiger partial charge in [-0.15, -0.1) is 0 Å². The van der Waals surface area contributed by atoms with Crippen LogP contribution in [0.3, 0.4) is 0 Å². The van der Waals surface area contributed by atoms with Crippen molar-refractivity contribution in [3.63, 3.8) is 0 Å². The van der Waals surface area contributed by atoms with Gasteiger partial charge in [0.2, 0.25) is 10.0 Å². The average molecular weight is 391 g/mol. The van der Waals surface area contributed by atoms with Crippen LogP contribution in [0.1, 0.15) is 35.3 Å². The standard InChI is InChI=1S/C20H26N2O4S/c1-5-21-20(23)16-9-12-19(26-6-2)17(13-16)14-22(4)27(24,25)18-10-7-15(3)8-11-18/h7-13H,5-6,14H2,1-4H3,(H,21,23). The summed E-state index contributed by atoms with van der Waals surface area (Å²) in [7, 11) is -2.13. The molecule has 27 heavy (non-hydrogen) atoms. The summed E-state index contributed by atoms with van der Waals surface area (Å²) >= 11 is 0. The molecule has 0 aliphatic heterocycles. The molecule has 1 N–H and O–H groups in total. The van der Waals surface area contributed by atoms with Gasteiger partial charge < -0.3 is 10.1 Å². The SMILES string of the molecule is CCNC(=O)c1ccc(OCC)c(CN(C)S(=O)(=O)c2ccc(C)cc2)c1. The van der Waals surface area contributed by atoms with E-state index in [9.17, 15) is 13.2 Å². The summed E-state index contributed by atoms with van der Waals surface area (Å²) in [5.74, 6) is 0.363. The predicted octanol–water partition coefficient (Wildman–Crippen LogP) is 2.96. The van der Waals surface area contributed by atoms with E-state index in [1.165, 1.54) is 11.4 Å². The van der Waals surface area contributed by atoms with E-state index < -0.39 is 10.0 Å². The topological polar surface area (TPSA) is 75.7 Å². The molecule has 0 aromatic heterocycles. The summed E-state index contributed by atoms with van der Waals surface area (Å²) in [6.45, 7) is 6.66. The van der Waals surface area contributed by atoms with Crippen molar-refractivity contribution in [3.05, 3.63) is 59.2 Å². The number of nitrogens with one attached hydrogen (secondary N) is 1. The summed E-state index contributed by atoms with van der Waals surface area (Å²) in [6, 6.07) is 11.8. The maximum absolute atomic E-state index is 12.8. The second kappa shape index (κ2) is 9.01. The monoisotopic (exact) mass is 390 g/mol. The molecule has 0 aliphatic carbocycles. The summed E-state index contributed by atoms with van der Waals surface area (Å²) in [4.78, 5) is 12.3. The van der Waals surface area contributed by atoms with Crippen molar-refractivity contribution < 1.29 is 17.9 Å². The number of nitrogens with zero attached hydrogens (tertiary/aromatic N) is 1. The Morgan fingerprint density at radius 1 is 1.11 bits per heavy atom. The molecule has 0 aliphatic rings. The van der Waals surface area contributed by atoms with Gasteiger partial charge in [0.05, 0.1) is 11.5 Å². The summed E-state index contributed by atoms with van der Waals surface area (Å²) in [5.41, 5.74) is 2.10. The molecular weight excluding hydrogens is 364 g/mol. The van der Waals surface area contributed by atoms with E-state index >= 15 is 0 Å². The zero-order valence-electron chi connectivity index (χ0n) is 16.2. The molecule has 0 unspecified atom stereocenters. The molecule has 0 radical (unpaired) electrons. The fourth-order valence-electron chi connectivity index (χ4n) is 2.62. The highest BCUT2D eigenvalue weighted by Crippen LogP contribution is 2.25. The smallest absolute Gasteiger partial charge is 0.251 e. The van der Waals surface area contributed by atoms with E-state index in [0.29, 0.717) is 30.0 Å². The second-order valence-electron chi connectivity index (χ2n) is 6.19. The van der Waals surface area contributed by atoms with Crippen molar-refractivity contribution in [2.75, 3.05) is 20.2 Å². The van der Waals surface area contributed by atoms with Gasteiger partial charge in [0.15, 0.2) is 0 Å². The molecule has 0 spiro atoms. The van der Waals surface area contributed by atoms with Crippen LogP contribution < -0.4 is 10.1 Å². The Kier molecular flexibility index (Phi) is 6.98. The molecule has 0 atom stereocenters. The van der Waals surface area contributed by atoms with Gasteiger partial charge >= 0.3 is 0 Å². The third-order valence-electron chi connectivity index (χ3n) is 4.08. The first-order valence-corrected chi connectivity index (χ1v) is 10.3. The fourth-order valence-corrected chi connectivity index (χ4v) is 3.77. The summed E-state index contributed by atoms with van der Waals surface area (Å²) in [6.07, 6.45) is 0. The number of amides is 1. The lowest BCUT2D eigenvalue weighted by molar-refractivity contribution is 0.0955. The lowest BCUT2D eigenvalue weighted by Gasteiger charge is -2.20. The van der Waals surface area contributed by atoms with Crippen LogP contribution in [0.2, 0.25) is 0 Å². The van der Waals surface area contributed by atoms with E-state index in [4.69, 9.17) is 4.74 Å². The Hall–Kier alpha value is -2.38. The van der Waals surface area contributed by atoms with E-state index in [-0.39, 0.29) is 17.3 Å². The van der Waals surface area contributed by atoms with Gasteiger partial charge in [0, 0.05) is 31.3 Å². The van der Waals surface area contributed by atoms with Crippen LogP contribution in [-0.2, 0) is 16.6 Å². The molecule has 0 heterocycles. The Bertz CT molecular complexity index is 893. The normalized spacial score (nSPS) is 11.4. The van der Waals surface area contributed by atoms with Crippen LogP contribution in [0, 0.1) is 6.92 Å². The Morgan fingerprint density at radius 2 is 1.78 bits per heavy atom. The molecule has 7 heteroatoms. The van der Waals surface area contributed by atoms with Gasteiger partial charge in [-0.3, -0.25) is 4.79 Å². The molecule has 0 fully saturated rings. The van der Waals surface area contributed by atoms with Gasteiger partial charge in [-0.1, -0.05) is 17.7 Å². The summed E-state index contributed by atoms with van der Waals surface area (Å²) in [5, 5.41) is 2.74. The van der Waals surface area contributed by atoms with Crippen LogP contribution in [0.25, 0.3) is 0 Å². The second-order valence-corrected chi connectivity index (χ2v) is 8.23. The number of aryl methyl sites for hydroxylation is 1. The molecule has 2 rings (SSSR count). The average Bonchev–Trinajstić information content (AvgIpc) is 2.63. The Morgan fingerprint density at radius 3 is 2.37 bits per heavy atom. The van der Waals surface area contributed by atoms with Gasteiger partial charge in [-0.25, -0.2) is 8.42 Å². The van der Waals surface area contributed by atoms with Crippen molar-refractivity contribution in [1.29, 1.82) is 0 Å². The highest BCUT2D eigenvalue weighted by atomic mass is 32.2. The first kappa shape index (κ1) is 20.9. The summed E-state index contributed by atoms with van der Waals surface area (Å²) < 4.78 is 32.6. The number of hydrogen-bond donors (Lipinski definition) is 1. The van der Waals surface area contributed by atoms with Crippen molar-refractivity contribution in [3.8, 4) is 5.75 Å². The van der Waals surface area contributed by atoms with Crippen LogP contribution in [0.4, 0.5) is 0 Å². The van der Waals surface area contributed by atoms with Gasteiger partial charge in [0.25, 0.3) is 5.91 Å². The fraction of sp³-hybridized carbons (Fsp3) is 0.350. The molecule has 0 saturated heterocycles. The third-order valence-corrected chi connectivity index (χ3v) is 5.90. The number of benzene rings is 2. The number of sulfonamides is 1. The van der Waals surface area contributed by atoms with Crippen molar-refractivity contribution in [2.45, 2.75) is 32.2 Å². The third kappa shape index (κ3) is 5.08. The van der Waals surface area contributed by atoms with Crippen LogP contribution >= 0.6 is 0 Å². The maximum atomic E-state index is 12.8. The molecule has 6 nitrogen and oxygen atoms in total. The van der Waals surface area contributed by atoms with E-state index in [1.807, 2.05) is 20.8 Å². The zero-order valence-corrected chi connectivity index (χ0v) is 17.0. The number of hydrogen-bond acceptors (Lipinski definition) is 4. The maximum Gasteiger partial charge on any atom is 0.251 e. The highest BCUT2D eigenvalue weighted by Gasteiger charge is 2.22. The number of ether oxygens (including phenoxy) is 1. The van der Waals surface area contributed by atoms with Crippen molar-refractivity contribution in [1.82, 2.24) is 9.62 Å². The van der Waals surface area contributed by atoms with E-state index in [1.54, 1.807) is 42.5 Å². The molecule has 0 saturated carbocycles. The molecule has 1 amide bonds. The molecule has 2 aromatic rings. The van der Waals surface area contributed by atoms with Crippen LogP contribution in [-0.4, -0.2) is 38.8 Å². The lowest BCUT2D eigenvalue weighted by atomic mass is 10.1. The van der Waals surface area contributed by atoms with Crippen molar-refractivity contribution >= 4 is 15.9 Å². The van der Waals surface area contributed by atoms with E-state index in [2.05, 4.69) is 5.32 Å². The molecule has 0 bridgehead atoms. The zero-order chi connectivity index (χ0) is 20.0. The Balaban J connectivity index is 2.34. The molecule has 146 valence electrons. The first-order valence-electron chi connectivity index (χ1n) is 8.86. The lowest BCUT2D eigenvalue weighted by Crippen LogP contribution is -2.27. The predicted molar refractivity (Wildman–Crippen MR) is 105 cm³/mol. The van der Waals surface area contributed by atoms with E-state index in [0.717, 1.165) is 5.56 Å². The minimum Gasteiger partial charge on any atom is -0.494 e. The van der Waals surface area contributed by atoms with Crippen LogP contribution in [0.15, 0.2) is 47.4 Å². The molecule has 2 aromatic carbocycles. The Labute approximate surface area is 161 Å². The van der Waals surface area contributed by atoms with Gasteiger partial charge in [-0.2, -0.15) is 4.31 Å². The molecular formula is C20H26N2O4S. The number of carbonyl (C=O) groups is 1. The first-order chi connectivity index (χ1) is 12.8. The highest BCUT2D eigenvalue weighted by molar-refractivity contribution is 7.89. The largest absolute Gasteiger partial charge is 0.494 e. The quantitative estimate of drug-likeness (QED) is 0.752. The number of rotatable bonds is 8. The van der Waals surface area contributed by atoms with Crippen molar-refractivity contribution in [2.24, 2.45) is 0 Å². The van der Waals surface area contributed by atoms with Crippen LogP contribution in [0.5, 0.6) is 5.75 Å².